The summed E-state index contributed by atoms with van der Waals surface area (Å²) in [5.41, 5.74) is 9.59. The quantitative estimate of drug-likeness (QED) is 0.110. The summed E-state index contributed by atoms with van der Waals surface area (Å²) < 4.78 is 18.3. The first kappa shape index (κ1) is 32.9. The number of nitrogens with two attached hydrogens (primary N) is 2. The van der Waals surface area contributed by atoms with Crippen LogP contribution in [0.15, 0.2) is 0 Å². The second kappa shape index (κ2) is 12.9. The largest absolute Gasteiger partial charge is 0.396 e. The molecule has 15 unspecified atom stereocenters. The molecule has 238 valence electrons. The van der Waals surface area contributed by atoms with Gasteiger partial charge in [0.05, 0.1) is 48.8 Å². The van der Waals surface area contributed by atoms with Crippen molar-refractivity contribution in [3.63, 3.8) is 0 Å². The van der Waals surface area contributed by atoms with Crippen LogP contribution in [0.2, 0.25) is 0 Å². The summed E-state index contributed by atoms with van der Waals surface area (Å²) >= 11 is 0. The van der Waals surface area contributed by atoms with Crippen LogP contribution in [0, 0.1) is 17.8 Å². The third kappa shape index (κ3) is 7.05. The molecular formula is C27H50N4O10. The van der Waals surface area contributed by atoms with Gasteiger partial charge in [0.1, 0.15) is 6.10 Å². The van der Waals surface area contributed by atoms with E-state index in [4.69, 9.17) is 30.8 Å². The van der Waals surface area contributed by atoms with Crippen LogP contribution in [0.3, 0.4) is 0 Å². The standard InChI is InChI=1S/C27H50N4O10/c1-12-19(23-21(35)13(2)20(34)17(40-23)10-30-5-4-6-32)14(28)7-15(31-25(36)27(38)9-18(27)29)22(12)41-24-16(33)8-26(3,37)11-39-24/h12-24,30,32-35,37-38H,4-11,28-29H2,1-3H3,(H,31,36). The molecular weight excluding hydrogens is 540 g/mol. The molecule has 0 aromatic heterocycles. The fourth-order valence-electron chi connectivity index (χ4n) is 6.69. The molecule has 14 heteroatoms. The van der Waals surface area contributed by atoms with Crippen LogP contribution in [0.4, 0.5) is 0 Å². The highest BCUT2D eigenvalue weighted by molar-refractivity contribution is 5.89. The van der Waals surface area contributed by atoms with Gasteiger partial charge in [0.25, 0.3) is 5.91 Å². The molecule has 2 heterocycles. The highest BCUT2D eigenvalue weighted by atomic mass is 16.7. The Hall–Kier alpha value is -1.01. The normalized spacial score (nSPS) is 50.4. The average Bonchev–Trinajstić information content (AvgIpc) is 3.52. The Labute approximate surface area is 240 Å². The van der Waals surface area contributed by atoms with Crippen LogP contribution in [-0.2, 0) is 19.0 Å². The number of aliphatic hydroxyl groups is 6. The van der Waals surface area contributed by atoms with Gasteiger partial charge in [-0.15, -0.1) is 0 Å². The van der Waals surface area contributed by atoms with E-state index in [-0.39, 0.29) is 32.5 Å². The maximum absolute atomic E-state index is 12.9. The molecule has 4 aliphatic rings. The van der Waals surface area contributed by atoms with Crippen molar-refractivity contribution in [2.75, 3.05) is 26.3 Å². The highest BCUT2D eigenvalue weighted by Gasteiger charge is 2.59. The van der Waals surface area contributed by atoms with Crippen molar-refractivity contribution in [1.82, 2.24) is 10.6 Å². The first-order valence-corrected chi connectivity index (χ1v) is 14.8. The molecule has 4 rings (SSSR count). The van der Waals surface area contributed by atoms with Gasteiger partial charge in [0.2, 0.25) is 0 Å². The van der Waals surface area contributed by atoms with Crippen LogP contribution in [0.5, 0.6) is 0 Å². The maximum atomic E-state index is 12.9. The van der Waals surface area contributed by atoms with Crippen LogP contribution >= 0.6 is 0 Å². The molecule has 0 aromatic carbocycles. The van der Waals surface area contributed by atoms with Crippen molar-refractivity contribution >= 4 is 5.91 Å². The average molecular weight is 591 g/mol. The molecule has 14 nitrogen and oxygen atoms in total. The maximum Gasteiger partial charge on any atom is 0.253 e. The fraction of sp³-hybridized carbons (Fsp3) is 0.963. The molecule has 0 bridgehead atoms. The molecule has 0 spiro atoms. The zero-order valence-corrected chi connectivity index (χ0v) is 24.1. The number of nitrogens with one attached hydrogen (secondary N) is 2. The number of hydrogen-bond acceptors (Lipinski definition) is 13. The molecule has 2 saturated heterocycles. The highest BCUT2D eigenvalue weighted by Crippen LogP contribution is 2.42. The van der Waals surface area contributed by atoms with E-state index < -0.39 is 95.9 Å². The number of ether oxygens (including phenoxy) is 3. The molecule has 4 fully saturated rings. The monoisotopic (exact) mass is 590 g/mol. The zero-order chi connectivity index (χ0) is 30.3. The summed E-state index contributed by atoms with van der Waals surface area (Å²) in [7, 11) is 0. The van der Waals surface area contributed by atoms with Gasteiger partial charge in [0, 0.05) is 49.9 Å². The molecule has 15 atom stereocenters. The third-order valence-electron chi connectivity index (χ3n) is 9.41. The molecule has 2 saturated carbocycles. The van der Waals surface area contributed by atoms with Gasteiger partial charge in [0.15, 0.2) is 11.9 Å². The Morgan fingerprint density at radius 2 is 1.78 bits per heavy atom. The van der Waals surface area contributed by atoms with E-state index in [1.54, 1.807) is 13.8 Å². The molecule has 2 aliphatic carbocycles. The van der Waals surface area contributed by atoms with Crippen molar-refractivity contribution < 1.29 is 49.6 Å². The number of aliphatic hydroxyl groups excluding tert-OH is 4. The molecule has 0 radical (unpaired) electrons. The van der Waals surface area contributed by atoms with E-state index in [2.05, 4.69) is 10.6 Å². The molecule has 1 amide bonds. The number of amides is 1. The second-order valence-corrected chi connectivity index (χ2v) is 13.0. The minimum Gasteiger partial charge on any atom is -0.396 e. The zero-order valence-electron chi connectivity index (χ0n) is 24.1. The van der Waals surface area contributed by atoms with Gasteiger partial charge in [-0.2, -0.15) is 0 Å². The summed E-state index contributed by atoms with van der Waals surface area (Å²) in [6, 6.07) is -1.92. The summed E-state index contributed by atoms with van der Waals surface area (Å²) in [6.07, 6.45) is -5.47. The predicted octanol–water partition coefficient (Wildman–Crippen LogP) is -3.74. The summed E-state index contributed by atoms with van der Waals surface area (Å²) in [5.74, 6) is -2.08. The Morgan fingerprint density at radius 1 is 1.10 bits per heavy atom. The third-order valence-corrected chi connectivity index (χ3v) is 9.41. The number of rotatable bonds is 10. The SMILES string of the molecule is CC1C(O)C(CNCCCO)OC(C2C(N)CC(NC(=O)C3(O)CC3N)C(OC3OCC(C)(O)CC3O)C2C)C1O. The van der Waals surface area contributed by atoms with Crippen molar-refractivity contribution in [3.05, 3.63) is 0 Å². The van der Waals surface area contributed by atoms with E-state index in [1.165, 1.54) is 0 Å². The van der Waals surface area contributed by atoms with Gasteiger partial charge in [-0.05, 0) is 32.2 Å². The second-order valence-electron chi connectivity index (χ2n) is 13.0. The van der Waals surface area contributed by atoms with Crippen LogP contribution in [0.25, 0.3) is 0 Å². The summed E-state index contributed by atoms with van der Waals surface area (Å²) in [5, 5.41) is 68.7. The topological polar surface area (TPSA) is 242 Å². The van der Waals surface area contributed by atoms with E-state index >= 15 is 0 Å². The van der Waals surface area contributed by atoms with Gasteiger partial charge in [-0.1, -0.05) is 13.8 Å². The lowest BCUT2D eigenvalue weighted by atomic mass is 9.67. The van der Waals surface area contributed by atoms with E-state index in [9.17, 15) is 30.3 Å². The summed E-state index contributed by atoms with van der Waals surface area (Å²) in [4.78, 5) is 12.9. The van der Waals surface area contributed by atoms with Crippen LogP contribution in [-0.4, -0.2) is 135 Å². The van der Waals surface area contributed by atoms with Crippen molar-refractivity contribution in [2.24, 2.45) is 29.2 Å². The number of hydrogen-bond donors (Lipinski definition) is 10. The lowest BCUT2D eigenvalue weighted by Gasteiger charge is -2.53. The molecule has 41 heavy (non-hydrogen) atoms. The van der Waals surface area contributed by atoms with E-state index in [1.807, 2.05) is 6.92 Å². The van der Waals surface area contributed by atoms with Crippen LogP contribution in [0.1, 0.15) is 46.5 Å². The smallest absolute Gasteiger partial charge is 0.253 e. The first-order chi connectivity index (χ1) is 19.2. The predicted molar refractivity (Wildman–Crippen MR) is 145 cm³/mol. The van der Waals surface area contributed by atoms with Gasteiger partial charge >= 0.3 is 0 Å². The fourth-order valence-corrected chi connectivity index (χ4v) is 6.69. The van der Waals surface area contributed by atoms with E-state index in [0.717, 1.165) is 0 Å². The van der Waals surface area contributed by atoms with Crippen LogP contribution < -0.4 is 22.1 Å². The van der Waals surface area contributed by atoms with Gasteiger partial charge in [-0.3, -0.25) is 4.79 Å². The van der Waals surface area contributed by atoms with Crippen molar-refractivity contribution in [1.29, 1.82) is 0 Å². The first-order valence-electron chi connectivity index (χ1n) is 14.8. The Balaban J connectivity index is 1.55. The number of carbonyl (C=O) groups excluding carboxylic acids is 1. The van der Waals surface area contributed by atoms with Crippen molar-refractivity contribution in [2.45, 2.75) is 119 Å². The molecule has 12 N–H and O–H groups in total. The van der Waals surface area contributed by atoms with Gasteiger partial charge < -0.3 is 67.0 Å². The Bertz CT molecular complexity index is 900. The minimum atomic E-state index is -1.67. The summed E-state index contributed by atoms with van der Waals surface area (Å²) in [6.45, 7) is 5.98. The lowest BCUT2D eigenvalue weighted by Crippen LogP contribution is -2.67. The molecule has 2 aliphatic heterocycles. The minimum absolute atomic E-state index is 0.0259. The Morgan fingerprint density at radius 3 is 2.39 bits per heavy atom. The van der Waals surface area contributed by atoms with Crippen molar-refractivity contribution in [3.8, 4) is 0 Å². The number of carbonyl (C=O) groups is 1. The molecule has 0 aromatic rings. The lowest BCUT2D eigenvalue weighted by molar-refractivity contribution is -0.288. The van der Waals surface area contributed by atoms with E-state index in [0.29, 0.717) is 19.5 Å². The Kier molecular flexibility index (Phi) is 10.4. The van der Waals surface area contributed by atoms with Gasteiger partial charge in [-0.25, -0.2) is 0 Å².